The lowest BCUT2D eigenvalue weighted by atomic mass is 10.1. The molecule has 0 saturated heterocycles. The number of hydrogen-bond donors (Lipinski definition) is 0. The van der Waals surface area contributed by atoms with Gasteiger partial charge in [0.25, 0.3) is 0 Å². The van der Waals surface area contributed by atoms with Gasteiger partial charge in [0, 0.05) is 11.5 Å². The van der Waals surface area contributed by atoms with E-state index in [-0.39, 0.29) is 0 Å². The van der Waals surface area contributed by atoms with Crippen LogP contribution in [0.4, 0.5) is 0 Å². The Labute approximate surface area is 71.7 Å². The summed E-state index contributed by atoms with van der Waals surface area (Å²) in [5.41, 5.74) is 10.6. The molecule has 0 amide bonds. The fourth-order valence-corrected chi connectivity index (χ4v) is 1.11. The Morgan fingerprint density at radius 2 is 2.17 bits per heavy atom. The van der Waals surface area contributed by atoms with Crippen LogP contribution in [0.3, 0.4) is 0 Å². The van der Waals surface area contributed by atoms with Crippen LogP contribution in [0.2, 0.25) is 0 Å². The van der Waals surface area contributed by atoms with Gasteiger partial charge in [-0.2, -0.15) is 0 Å². The van der Waals surface area contributed by atoms with Crippen LogP contribution >= 0.6 is 0 Å². The molecule has 0 aliphatic carbocycles. The zero-order valence-corrected chi connectivity index (χ0v) is 7.07. The van der Waals surface area contributed by atoms with Crippen molar-refractivity contribution in [3.05, 3.63) is 45.8 Å². The highest BCUT2D eigenvalue weighted by Gasteiger charge is 1.94. The highest BCUT2D eigenvalue weighted by molar-refractivity contribution is 5.25. The summed E-state index contributed by atoms with van der Waals surface area (Å²) < 4.78 is 0. The molecule has 12 heavy (non-hydrogen) atoms. The fraction of sp³-hybridized carbons (Fsp3) is 0.333. The molecule has 3 heteroatoms. The van der Waals surface area contributed by atoms with Gasteiger partial charge in [-0.15, -0.1) is 0 Å². The average Bonchev–Trinajstić information content (AvgIpc) is 2.09. The zero-order chi connectivity index (χ0) is 8.81. The Hall–Kier alpha value is -1.47. The Bertz CT molecular complexity index is 300. The van der Waals surface area contributed by atoms with Crippen molar-refractivity contribution >= 4 is 0 Å². The SMILES string of the molecule is Cc1ccccc1CCN=[N+]=[N-]. The highest BCUT2D eigenvalue weighted by atomic mass is 15.1. The predicted molar refractivity (Wildman–Crippen MR) is 48.9 cm³/mol. The molecule has 0 aromatic heterocycles. The second-order valence-corrected chi connectivity index (χ2v) is 2.63. The van der Waals surface area contributed by atoms with Crippen LogP contribution < -0.4 is 0 Å². The first-order valence-corrected chi connectivity index (χ1v) is 3.90. The predicted octanol–water partition coefficient (Wildman–Crippen LogP) is 2.85. The molecule has 0 saturated carbocycles. The molecule has 62 valence electrons. The molecule has 1 aromatic carbocycles. The third-order valence-electron chi connectivity index (χ3n) is 1.81. The Morgan fingerprint density at radius 1 is 1.42 bits per heavy atom. The summed E-state index contributed by atoms with van der Waals surface area (Å²) in [6, 6.07) is 8.12. The van der Waals surface area contributed by atoms with Gasteiger partial charge in [0.2, 0.25) is 0 Å². The van der Waals surface area contributed by atoms with Crippen molar-refractivity contribution < 1.29 is 0 Å². The molecule has 0 radical (unpaired) electrons. The smallest absolute Gasteiger partial charge is 0.0298 e. The van der Waals surface area contributed by atoms with Crippen LogP contribution in [0.25, 0.3) is 10.4 Å². The van der Waals surface area contributed by atoms with Gasteiger partial charge < -0.3 is 0 Å². The van der Waals surface area contributed by atoms with Gasteiger partial charge in [0.05, 0.1) is 0 Å². The fourth-order valence-electron chi connectivity index (χ4n) is 1.11. The third kappa shape index (κ3) is 2.29. The molecule has 0 heterocycles. The maximum absolute atomic E-state index is 8.07. The first kappa shape index (κ1) is 8.62. The summed E-state index contributed by atoms with van der Waals surface area (Å²) in [5, 5.41) is 3.49. The van der Waals surface area contributed by atoms with Crippen LogP contribution in [-0.2, 0) is 6.42 Å². The van der Waals surface area contributed by atoms with Crippen molar-refractivity contribution in [2.75, 3.05) is 6.54 Å². The lowest BCUT2D eigenvalue weighted by Crippen LogP contribution is -1.91. The number of rotatable bonds is 3. The van der Waals surface area contributed by atoms with Crippen molar-refractivity contribution in [3.8, 4) is 0 Å². The molecule has 0 aliphatic heterocycles. The number of hydrogen-bond acceptors (Lipinski definition) is 1. The molecular formula is C9H11N3. The summed E-state index contributed by atoms with van der Waals surface area (Å²) in [5.74, 6) is 0. The second kappa shape index (κ2) is 4.42. The largest absolute Gasteiger partial charge is 0.0936 e. The molecule has 0 aliphatic rings. The van der Waals surface area contributed by atoms with Gasteiger partial charge in [-0.3, -0.25) is 0 Å². The molecular weight excluding hydrogens is 150 g/mol. The Balaban J connectivity index is 2.62. The molecule has 3 nitrogen and oxygen atoms in total. The van der Waals surface area contributed by atoms with Crippen molar-refractivity contribution in [2.45, 2.75) is 13.3 Å². The molecule has 0 bridgehead atoms. The lowest BCUT2D eigenvalue weighted by Gasteiger charge is -2.01. The van der Waals surface area contributed by atoms with Crippen molar-refractivity contribution in [3.63, 3.8) is 0 Å². The maximum atomic E-state index is 8.07. The van der Waals surface area contributed by atoms with Gasteiger partial charge in [-0.25, -0.2) is 0 Å². The maximum Gasteiger partial charge on any atom is 0.0298 e. The second-order valence-electron chi connectivity index (χ2n) is 2.63. The zero-order valence-electron chi connectivity index (χ0n) is 7.07. The summed E-state index contributed by atoms with van der Waals surface area (Å²) in [7, 11) is 0. The number of benzene rings is 1. The van der Waals surface area contributed by atoms with E-state index in [4.69, 9.17) is 5.53 Å². The molecule has 0 fully saturated rings. The van der Waals surface area contributed by atoms with Gasteiger partial charge in [0.15, 0.2) is 0 Å². The van der Waals surface area contributed by atoms with Crippen molar-refractivity contribution in [2.24, 2.45) is 5.11 Å². The van der Waals surface area contributed by atoms with Gasteiger partial charge in [-0.1, -0.05) is 29.4 Å². The van der Waals surface area contributed by atoms with Crippen LogP contribution in [0.1, 0.15) is 11.1 Å². The summed E-state index contributed by atoms with van der Waals surface area (Å²) >= 11 is 0. The molecule has 0 unspecified atom stereocenters. The van der Waals surface area contributed by atoms with E-state index in [9.17, 15) is 0 Å². The number of nitrogens with zero attached hydrogens (tertiary/aromatic N) is 3. The van der Waals surface area contributed by atoms with Crippen LogP contribution in [-0.4, -0.2) is 6.54 Å². The monoisotopic (exact) mass is 161 g/mol. The summed E-state index contributed by atoms with van der Waals surface area (Å²) in [6.07, 6.45) is 0.830. The minimum atomic E-state index is 0.543. The van der Waals surface area contributed by atoms with E-state index in [0.717, 1.165) is 6.42 Å². The minimum Gasteiger partial charge on any atom is -0.0936 e. The number of aryl methyl sites for hydroxylation is 1. The highest BCUT2D eigenvalue weighted by Crippen LogP contribution is 2.07. The molecule has 1 aromatic rings. The van der Waals surface area contributed by atoms with Crippen LogP contribution in [0, 0.1) is 6.92 Å². The van der Waals surface area contributed by atoms with E-state index in [0.29, 0.717) is 6.54 Å². The van der Waals surface area contributed by atoms with Crippen LogP contribution in [0.5, 0.6) is 0 Å². The summed E-state index contributed by atoms with van der Waals surface area (Å²) in [4.78, 5) is 2.71. The minimum absolute atomic E-state index is 0.543. The summed E-state index contributed by atoms with van der Waals surface area (Å²) in [6.45, 7) is 2.60. The lowest BCUT2D eigenvalue weighted by molar-refractivity contribution is 0.946. The van der Waals surface area contributed by atoms with E-state index >= 15 is 0 Å². The van der Waals surface area contributed by atoms with Gasteiger partial charge >= 0.3 is 0 Å². The van der Waals surface area contributed by atoms with Crippen LogP contribution in [0.15, 0.2) is 29.4 Å². The molecule has 0 N–H and O–H groups in total. The average molecular weight is 161 g/mol. The van der Waals surface area contributed by atoms with E-state index in [1.54, 1.807) is 0 Å². The Kier molecular flexibility index (Phi) is 3.17. The molecule has 0 spiro atoms. The standard InChI is InChI=1S/C9H11N3/c1-8-4-2-3-5-9(8)6-7-11-12-10/h2-5H,6-7H2,1H3. The van der Waals surface area contributed by atoms with Crippen molar-refractivity contribution in [1.82, 2.24) is 0 Å². The molecule has 0 atom stereocenters. The van der Waals surface area contributed by atoms with E-state index < -0.39 is 0 Å². The Morgan fingerprint density at radius 3 is 2.83 bits per heavy atom. The quantitative estimate of drug-likeness (QED) is 0.372. The number of azide groups is 1. The normalized spacial score (nSPS) is 9.08. The van der Waals surface area contributed by atoms with Gasteiger partial charge in [-0.05, 0) is 30.0 Å². The van der Waals surface area contributed by atoms with E-state index in [2.05, 4.69) is 29.1 Å². The molecule has 1 rings (SSSR count). The van der Waals surface area contributed by atoms with Crippen molar-refractivity contribution in [1.29, 1.82) is 0 Å². The van der Waals surface area contributed by atoms with E-state index in [1.807, 2.05) is 12.1 Å². The third-order valence-corrected chi connectivity index (χ3v) is 1.81. The topological polar surface area (TPSA) is 48.8 Å². The van der Waals surface area contributed by atoms with Gasteiger partial charge in [0.1, 0.15) is 0 Å². The first-order chi connectivity index (χ1) is 5.84. The van der Waals surface area contributed by atoms with E-state index in [1.165, 1.54) is 11.1 Å². The first-order valence-electron chi connectivity index (χ1n) is 3.90.